The standard InChI is InChI=1S/C14H29N3O2/c1-4-13(5-2)16-14(18)12(3)15-6-7-17-8-10-19-11-9-17/h12-13,15H,4-11H2,1-3H3,(H,16,18). The molecule has 1 heterocycles. The van der Waals surface area contributed by atoms with Crippen LogP contribution in [0.1, 0.15) is 33.6 Å². The van der Waals surface area contributed by atoms with E-state index >= 15 is 0 Å². The molecule has 0 aromatic heterocycles. The number of hydrogen-bond donors (Lipinski definition) is 2. The Bertz CT molecular complexity index is 251. The van der Waals surface area contributed by atoms with E-state index in [9.17, 15) is 4.79 Å². The van der Waals surface area contributed by atoms with Crippen molar-refractivity contribution in [3.05, 3.63) is 0 Å². The van der Waals surface area contributed by atoms with Crippen LogP contribution >= 0.6 is 0 Å². The third-order valence-corrected chi connectivity index (χ3v) is 3.71. The average Bonchev–Trinajstić information content (AvgIpc) is 2.45. The molecule has 112 valence electrons. The van der Waals surface area contributed by atoms with Gasteiger partial charge < -0.3 is 15.4 Å². The summed E-state index contributed by atoms with van der Waals surface area (Å²) in [5.41, 5.74) is 0. The van der Waals surface area contributed by atoms with Crippen LogP contribution in [0.15, 0.2) is 0 Å². The van der Waals surface area contributed by atoms with Crippen LogP contribution in [0.4, 0.5) is 0 Å². The van der Waals surface area contributed by atoms with E-state index in [1.165, 1.54) is 0 Å². The van der Waals surface area contributed by atoms with Gasteiger partial charge in [0.1, 0.15) is 0 Å². The van der Waals surface area contributed by atoms with Crippen molar-refractivity contribution >= 4 is 5.91 Å². The first-order valence-corrected chi connectivity index (χ1v) is 7.51. The molecule has 0 bridgehead atoms. The molecule has 5 nitrogen and oxygen atoms in total. The summed E-state index contributed by atoms with van der Waals surface area (Å²) in [5, 5.41) is 6.36. The highest BCUT2D eigenvalue weighted by molar-refractivity contribution is 5.81. The van der Waals surface area contributed by atoms with Gasteiger partial charge in [-0.3, -0.25) is 9.69 Å². The summed E-state index contributed by atoms with van der Waals surface area (Å²) < 4.78 is 5.31. The number of carbonyl (C=O) groups is 1. The Balaban J connectivity index is 2.15. The molecule has 1 amide bonds. The molecule has 0 aromatic carbocycles. The van der Waals surface area contributed by atoms with Crippen LogP contribution in [0.2, 0.25) is 0 Å². The van der Waals surface area contributed by atoms with Crippen molar-refractivity contribution < 1.29 is 9.53 Å². The van der Waals surface area contributed by atoms with E-state index in [1.807, 2.05) is 6.92 Å². The SMILES string of the molecule is CCC(CC)NC(=O)C(C)NCCN1CCOCC1. The van der Waals surface area contributed by atoms with Crippen LogP contribution in [-0.2, 0) is 9.53 Å². The summed E-state index contributed by atoms with van der Waals surface area (Å²) in [6.07, 6.45) is 1.98. The number of carbonyl (C=O) groups excluding carboxylic acids is 1. The third kappa shape index (κ3) is 6.36. The van der Waals surface area contributed by atoms with Gasteiger partial charge in [0.25, 0.3) is 0 Å². The molecule has 1 rings (SSSR count). The first-order chi connectivity index (χ1) is 9.17. The fourth-order valence-corrected chi connectivity index (χ4v) is 2.18. The monoisotopic (exact) mass is 271 g/mol. The molecule has 5 heteroatoms. The highest BCUT2D eigenvalue weighted by Gasteiger charge is 2.16. The zero-order valence-corrected chi connectivity index (χ0v) is 12.6. The fraction of sp³-hybridized carbons (Fsp3) is 0.929. The highest BCUT2D eigenvalue weighted by atomic mass is 16.5. The van der Waals surface area contributed by atoms with Crippen LogP contribution in [0, 0.1) is 0 Å². The van der Waals surface area contributed by atoms with Gasteiger partial charge in [0.05, 0.1) is 19.3 Å². The molecule has 1 aliphatic rings. The maximum atomic E-state index is 11.9. The minimum atomic E-state index is -0.123. The summed E-state index contributed by atoms with van der Waals surface area (Å²) in [6.45, 7) is 11.6. The lowest BCUT2D eigenvalue weighted by Gasteiger charge is -2.27. The largest absolute Gasteiger partial charge is 0.379 e. The van der Waals surface area contributed by atoms with E-state index in [4.69, 9.17) is 4.74 Å². The molecule has 0 aliphatic carbocycles. The van der Waals surface area contributed by atoms with E-state index < -0.39 is 0 Å². The van der Waals surface area contributed by atoms with Crippen molar-refractivity contribution in [2.24, 2.45) is 0 Å². The Kier molecular flexibility index (Phi) is 8.02. The predicted octanol–water partition coefficient (Wildman–Crippen LogP) is 0.602. The van der Waals surface area contributed by atoms with Crippen molar-refractivity contribution in [3.8, 4) is 0 Å². The maximum absolute atomic E-state index is 11.9. The van der Waals surface area contributed by atoms with Gasteiger partial charge in [0, 0.05) is 32.2 Å². The number of hydrogen-bond acceptors (Lipinski definition) is 4. The Morgan fingerprint density at radius 3 is 2.47 bits per heavy atom. The molecule has 1 unspecified atom stereocenters. The first-order valence-electron chi connectivity index (χ1n) is 7.51. The second-order valence-electron chi connectivity index (χ2n) is 5.15. The fourth-order valence-electron chi connectivity index (χ4n) is 2.18. The molecule has 1 fully saturated rings. The van der Waals surface area contributed by atoms with Crippen LogP contribution < -0.4 is 10.6 Å². The minimum absolute atomic E-state index is 0.107. The Labute approximate surface area is 117 Å². The van der Waals surface area contributed by atoms with Crippen LogP contribution in [0.25, 0.3) is 0 Å². The zero-order valence-electron chi connectivity index (χ0n) is 12.6. The molecule has 1 atom stereocenters. The van der Waals surface area contributed by atoms with Crippen molar-refractivity contribution in [3.63, 3.8) is 0 Å². The number of nitrogens with one attached hydrogen (secondary N) is 2. The zero-order chi connectivity index (χ0) is 14.1. The van der Waals surface area contributed by atoms with E-state index in [-0.39, 0.29) is 11.9 Å². The van der Waals surface area contributed by atoms with Gasteiger partial charge in [-0.2, -0.15) is 0 Å². The molecule has 0 radical (unpaired) electrons. The van der Waals surface area contributed by atoms with Gasteiger partial charge in [-0.1, -0.05) is 13.8 Å². The lowest BCUT2D eigenvalue weighted by atomic mass is 10.1. The molecular formula is C14H29N3O2. The van der Waals surface area contributed by atoms with Gasteiger partial charge >= 0.3 is 0 Å². The molecule has 1 aliphatic heterocycles. The van der Waals surface area contributed by atoms with Crippen LogP contribution in [0.3, 0.4) is 0 Å². The summed E-state index contributed by atoms with van der Waals surface area (Å²) in [6, 6.07) is 0.178. The summed E-state index contributed by atoms with van der Waals surface area (Å²) >= 11 is 0. The van der Waals surface area contributed by atoms with E-state index in [1.54, 1.807) is 0 Å². The molecular weight excluding hydrogens is 242 g/mol. The molecule has 0 aromatic rings. The number of rotatable bonds is 8. The quantitative estimate of drug-likeness (QED) is 0.679. The maximum Gasteiger partial charge on any atom is 0.237 e. The van der Waals surface area contributed by atoms with E-state index in [2.05, 4.69) is 29.4 Å². The second-order valence-corrected chi connectivity index (χ2v) is 5.15. The lowest BCUT2D eigenvalue weighted by Crippen LogP contribution is -2.48. The van der Waals surface area contributed by atoms with E-state index in [0.717, 1.165) is 52.2 Å². The van der Waals surface area contributed by atoms with Crippen molar-refractivity contribution in [1.29, 1.82) is 0 Å². The van der Waals surface area contributed by atoms with Gasteiger partial charge in [-0.05, 0) is 19.8 Å². The molecule has 0 spiro atoms. The highest BCUT2D eigenvalue weighted by Crippen LogP contribution is 1.98. The molecule has 2 N–H and O–H groups in total. The van der Waals surface area contributed by atoms with Crippen molar-refractivity contribution in [1.82, 2.24) is 15.5 Å². The van der Waals surface area contributed by atoms with Crippen LogP contribution in [-0.4, -0.2) is 62.3 Å². The molecule has 1 saturated heterocycles. The van der Waals surface area contributed by atoms with Gasteiger partial charge in [0.15, 0.2) is 0 Å². The van der Waals surface area contributed by atoms with Crippen molar-refractivity contribution in [2.45, 2.75) is 45.7 Å². The van der Waals surface area contributed by atoms with Gasteiger partial charge in [-0.15, -0.1) is 0 Å². The number of ether oxygens (including phenoxy) is 1. The normalized spacial score (nSPS) is 18.5. The number of morpholine rings is 1. The van der Waals surface area contributed by atoms with Gasteiger partial charge in [-0.25, -0.2) is 0 Å². The predicted molar refractivity (Wildman–Crippen MR) is 77.2 cm³/mol. The Hall–Kier alpha value is -0.650. The topological polar surface area (TPSA) is 53.6 Å². The molecule has 0 saturated carbocycles. The number of amides is 1. The summed E-state index contributed by atoms with van der Waals surface area (Å²) in [7, 11) is 0. The Morgan fingerprint density at radius 1 is 1.26 bits per heavy atom. The van der Waals surface area contributed by atoms with Crippen molar-refractivity contribution in [2.75, 3.05) is 39.4 Å². The summed E-state index contributed by atoms with van der Waals surface area (Å²) in [5.74, 6) is 0.107. The van der Waals surface area contributed by atoms with E-state index in [0.29, 0.717) is 6.04 Å². The number of nitrogens with zero attached hydrogens (tertiary/aromatic N) is 1. The summed E-state index contributed by atoms with van der Waals surface area (Å²) in [4.78, 5) is 14.3. The Morgan fingerprint density at radius 2 is 1.89 bits per heavy atom. The molecule has 19 heavy (non-hydrogen) atoms. The van der Waals surface area contributed by atoms with Crippen LogP contribution in [0.5, 0.6) is 0 Å². The van der Waals surface area contributed by atoms with Gasteiger partial charge in [0.2, 0.25) is 5.91 Å². The smallest absolute Gasteiger partial charge is 0.237 e. The first kappa shape index (κ1) is 16.4. The average molecular weight is 271 g/mol. The minimum Gasteiger partial charge on any atom is -0.379 e. The third-order valence-electron chi connectivity index (χ3n) is 3.71. The second kappa shape index (κ2) is 9.28. The lowest BCUT2D eigenvalue weighted by molar-refractivity contribution is -0.123.